The summed E-state index contributed by atoms with van der Waals surface area (Å²) in [6, 6.07) is 7.47. The molecule has 0 bridgehead atoms. The number of nitrogens with one attached hydrogen (secondary N) is 1. The van der Waals surface area contributed by atoms with E-state index in [0.717, 1.165) is 4.31 Å². The van der Waals surface area contributed by atoms with Crippen LogP contribution in [0.15, 0.2) is 47.6 Å². The van der Waals surface area contributed by atoms with Crippen LogP contribution < -0.4 is 5.32 Å². The molecule has 0 aliphatic heterocycles. The largest absolute Gasteiger partial charge is 0.452 e. The van der Waals surface area contributed by atoms with Crippen molar-refractivity contribution < 1.29 is 22.7 Å². The summed E-state index contributed by atoms with van der Waals surface area (Å²) in [6.45, 7) is 1.09. The molecule has 0 saturated heterocycles. The Labute approximate surface area is 167 Å². The average molecular weight is 417 g/mol. The molecular formula is C18H19N5O5S. The van der Waals surface area contributed by atoms with Crippen molar-refractivity contribution in [3.05, 3.63) is 54.0 Å². The van der Waals surface area contributed by atoms with Gasteiger partial charge in [0.25, 0.3) is 5.91 Å². The molecule has 1 N–H and O–H groups in total. The highest BCUT2D eigenvalue weighted by atomic mass is 32.2. The van der Waals surface area contributed by atoms with Crippen molar-refractivity contribution in [1.29, 1.82) is 0 Å². The molecule has 10 nitrogen and oxygen atoms in total. The van der Waals surface area contributed by atoms with Gasteiger partial charge in [-0.25, -0.2) is 27.0 Å². The van der Waals surface area contributed by atoms with Gasteiger partial charge in [0.2, 0.25) is 10.0 Å². The molecule has 0 unspecified atom stereocenters. The van der Waals surface area contributed by atoms with Crippen LogP contribution in [-0.4, -0.2) is 59.9 Å². The number of ether oxygens (including phenoxy) is 1. The maximum absolute atomic E-state index is 12.4. The number of aromatic nitrogens is 3. The minimum atomic E-state index is -3.64. The molecule has 1 amide bonds. The van der Waals surface area contributed by atoms with E-state index in [9.17, 15) is 18.0 Å². The number of hydrogen-bond donors (Lipinski definition) is 1. The second-order valence-electron chi connectivity index (χ2n) is 6.29. The summed E-state index contributed by atoms with van der Waals surface area (Å²) < 4.78 is 32.0. The third-order valence-corrected chi connectivity index (χ3v) is 5.82. The van der Waals surface area contributed by atoms with Crippen LogP contribution in [0.3, 0.4) is 0 Å². The summed E-state index contributed by atoms with van der Waals surface area (Å²) in [5.74, 6) is -1.34. The zero-order valence-electron chi connectivity index (χ0n) is 16.0. The Hall–Kier alpha value is -3.31. The van der Waals surface area contributed by atoms with Crippen LogP contribution in [0.2, 0.25) is 0 Å². The number of anilines is 1. The second-order valence-corrected chi connectivity index (χ2v) is 8.44. The summed E-state index contributed by atoms with van der Waals surface area (Å²) in [5, 5.41) is 6.68. The van der Waals surface area contributed by atoms with Crippen molar-refractivity contribution in [1.82, 2.24) is 18.9 Å². The number of amides is 1. The number of benzene rings is 1. The molecule has 0 aliphatic rings. The number of esters is 1. The predicted octanol–water partition coefficient (Wildman–Crippen LogP) is 1.08. The van der Waals surface area contributed by atoms with E-state index in [2.05, 4.69) is 15.4 Å². The topological polar surface area (TPSA) is 123 Å². The van der Waals surface area contributed by atoms with Gasteiger partial charge in [-0.1, -0.05) is 6.07 Å². The molecule has 11 heteroatoms. The molecule has 0 saturated carbocycles. The van der Waals surface area contributed by atoms with Gasteiger partial charge in [-0.15, -0.1) is 0 Å². The van der Waals surface area contributed by atoms with Gasteiger partial charge in [0, 0.05) is 32.2 Å². The minimum Gasteiger partial charge on any atom is -0.452 e. The molecule has 29 heavy (non-hydrogen) atoms. The van der Waals surface area contributed by atoms with Gasteiger partial charge in [-0.05, 0) is 31.2 Å². The molecule has 0 fully saturated rings. The zero-order chi connectivity index (χ0) is 21.2. The SMILES string of the molecule is Cc1nn2cccnc2c1C(=O)OCC(=O)Nc1cccc(S(=O)(=O)N(C)C)c1. The Balaban J connectivity index is 1.67. The van der Waals surface area contributed by atoms with Gasteiger partial charge in [-0.3, -0.25) is 4.79 Å². The van der Waals surface area contributed by atoms with Gasteiger partial charge in [0.1, 0.15) is 5.56 Å². The second kappa shape index (κ2) is 7.97. The van der Waals surface area contributed by atoms with E-state index in [1.54, 1.807) is 19.2 Å². The standard InChI is InChI=1S/C18H19N5O5S/c1-12-16(17-19-8-5-9-23(17)21-12)18(25)28-11-15(24)20-13-6-4-7-14(10-13)29(26,27)22(2)3/h4-10H,11H2,1-3H3,(H,20,24). The van der Waals surface area contributed by atoms with Crippen molar-refractivity contribution in [2.75, 3.05) is 26.0 Å². The lowest BCUT2D eigenvalue weighted by molar-refractivity contribution is -0.119. The highest BCUT2D eigenvalue weighted by Gasteiger charge is 2.21. The molecule has 2 aromatic heterocycles. The van der Waals surface area contributed by atoms with Gasteiger partial charge in [-0.2, -0.15) is 5.10 Å². The number of fused-ring (bicyclic) bond motifs is 1. The number of carbonyl (C=O) groups is 2. The van der Waals surface area contributed by atoms with Gasteiger partial charge in [0.15, 0.2) is 12.3 Å². The molecule has 0 aliphatic carbocycles. The number of aryl methyl sites for hydroxylation is 1. The predicted molar refractivity (Wildman–Crippen MR) is 104 cm³/mol. The van der Waals surface area contributed by atoms with Crippen LogP contribution in [0, 0.1) is 6.92 Å². The molecule has 3 rings (SSSR count). The summed E-state index contributed by atoms with van der Waals surface area (Å²) in [5.41, 5.74) is 1.20. The molecule has 0 atom stereocenters. The average Bonchev–Trinajstić information content (AvgIpc) is 3.02. The van der Waals surface area contributed by atoms with E-state index in [-0.39, 0.29) is 16.1 Å². The van der Waals surface area contributed by atoms with Crippen LogP contribution in [-0.2, 0) is 19.6 Å². The van der Waals surface area contributed by atoms with Crippen LogP contribution in [0.1, 0.15) is 16.1 Å². The highest BCUT2D eigenvalue weighted by molar-refractivity contribution is 7.89. The first-order valence-electron chi connectivity index (χ1n) is 8.49. The first-order valence-corrected chi connectivity index (χ1v) is 9.93. The monoisotopic (exact) mass is 417 g/mol. The van der Waals surface area contributed by atoms with Crippen LogP contribution in [0.5, 0.6) is 0 Å². The number of rotatable bonds is 6. The summed E-state index contributed by atoms with van der Waals surface area (Å²) in [7, 11) is -0.808. The van der Waals surface area contributed by atoms with Crippen LogP contribution in [0.4, 0.5) is 5.69 Å². The normalized spacial score (nSPS) is 11.6. The molecular weight excluding hydrogens is 398 g/mol. The lowest BCUT2D eigenvalue weighted by atomic mass is 10.2. The fraction of sp³-hybridized carbons (Fsp3) is 0.222. The molecule has 3 aromatic rings. The van der Waals surface area contributed by atoms with Crippen molar-refractivity contribution in [2.45, 2.75) is 11.8 Å². The van der Waals surface area contributed by atoms with E-state index >= 15 is 0 Å². The zero-order valence-corrected chi connectivity index (χ0v) is 16.8. The highest BCUT2D eigenvalue weighted by Crippen LogP contribution is 2.18. The molecule has 0 spiro atoms. The van der Waals surface area contributed by atoms with Crippen molar-refractivity contribution in [3.8, 4) is 0 Å². The lowest BCUT2D eigenvalue weighted by Crippen LogP contribution is -2.23. The molecule has 2 heterocycles. The smallest absolute Gasteiger partial charge is 0.344 e. The Morgan fingerprint density at radius 2 is 2.00 bits per heavy atom. The van der Waals surface area contributed by atoms with Gasteiger partial charge < -0.3 is 10.1 Å². The van der Waals surface area contributed by atoms with Gasteiger partial charge in [0.05, 0.1) is 10.6 Å². The maximum Gasteiger partial charge on any atom is 0.344 e. The summed E-state index contributed by atoms with van der Waals surface area (Å²) >= 11 is 0. The van der Waals surface area contributed by atoms with E-state index in [4.69, 9.17) is 4.74 Å². The van der Waals surface area contributed by atoms with E-state index in [1.165, 1.54) is 49.1 Å². The third-order valence-electron chi connectivity index (χ3n) is 4.01. The number of hydrogen-bond acceptors (Lipinski definition) is 7. The fourth-order valence-electron chi connectivity index (χ4n) is 2.58. The Morgan fingerprint density at radius 1 is 1.24 bits per heavy atom. The Kier molecular flexibility index (Phi) is 5.62. The first kappa shape index (κ1) is 20.4. The number of carbonyl (C=O) groups excluding carboxylic acids is 2. The van der Waals surface area contributed by atoms with Gasteiger partial charge >= 0.3 is 5.97 Å². The summed E-state index contributed by atoms with van der Waals surface area (Å²) in [6.07, 6.45) is 3.17. The molecule has 0 radical (unpaired) electrons. The quantitative estimate of drug-likeness (QED) is 0.595. The van der Waals surface area contributed by atoms with E-state index < -0.39 is 28.5 Å². The Bertz CT molecular complexity index is 1190. The number of sulfonamides is 1. The lowest BCUT2D eigenvalue weighted by Gasteiger charge is -2.12. The minimum absolute atomic E-state index is 0.0327. The van der Waals surface area contributed by atoms with Crippen molar-refractivity contribution >= 4 is 33.2 Å². The molecule has 1 aromatic carbocycles. The van der Waals surface area contributed by atoms with Crippen LogP contribution >= 0.6 is 0 Å². The fourth-order valence-corrected chi connectivity index (χ4v) is 3.53. The summed E-state index contributed by atoms with van der Waals surface area (Å²) in [4.78, 5) is 28.7. The Morgan fingerprint density at radius 3 is 2.72 bits per heavy atom. The van der Waals surface area contributed by atoms with Crippen molar-refractivity contribution in [3.63, 3.8) is 0 Å². The molecule has 152 valence electrons. The van der Waals surface area contributed by atoms with Crippen LogP contribution in [0.25, 0.3) is 5.65 Å². The maximum atomic E-state index is 12.4. The van der Waals surface area contributed by atoms with E-state index in [0.29, 0.717) is 11.3 Å². The number of nitrogens with zero attached hydrogens (tertiary/aromatic N) is 4. The van der Waals surface area contributed by atoms with Crippen molar-refractivity contribution in [2.24, 2.45) is 0 Å². The third kappa shape index (κ3) is 4.25. The first-order chi connectivity index (χ1) is 13.7. The van der Waals surface area contributed by atoms with E-state index in [1.807, 2.05) is 0 Å².